The number of nitrogens with zero attached hydrogens (tertiary/aromatic N) is 1. The molecule has 5 nitrogen and oxygen atoms in total. The third-order valence-corrected chi connectivity index (χ3v) is 4.01. The van der Waals surface area contributed by atoms with Crippen LogP contribution in [0.3, 0.4) is 0 Å². The van der Waals surface area contributed by atoms with Gasteiger partial charge >= 0.3 is 0 Å². The average molecular weight is 354 g/mol. The third-order valence-electron chi connectivity index (χ3n) is 3.62. The minimum absolute atomic E-state index is 0.142. The number of nitrogens with two attached hydrogens (primary N) is 1. The summed E-state index contributed by atoms with van der Waals surface area (Å²) in [5.74, 6) is 1.20. The molecule has 0 aliphatic heterocycles. The first-order valence-electron chi connectivity index (χ1n) is 7.59. The number of halogens is 1. The number of carbonyl (C=O) groups excluding carboxylic acids is 1. The lowest BCUT2D eigenvalue weighted by molar-refractivity contribution is 0.102. The van der Waals surface area contributed by atoms with Crippen LogP contribution in [-0.2, 0) is 0 Å². The smallest absolute Gasteiger partial charge is 0.259 e. The fourth-order valence-corrected chi connectivity index (χ4v) is 2.45. The summed E-state index contributed by atoms with van der Waals surface area (Å²) in [6.07, 6.45) is 1.43. The summed E-state index contributed by atoms with van der Waals surface area (Å²) in [6, 6.07) is 16.5. The zero-order valence-corrected chi connectivity index (χ0v) is 14.2. The van der Waals surface area contributed by atoms with Crippen molar-refractivity contribution < 1.29 is 9.53 Å². The topological polar surface area (TPSA) is 77.2 Å². The summed E-state index contributed by atoms with van der Waals surface area (Å²) in [4.78, 5) is 16.4. The summed E-state index contributed by atoms with van der Waals surface area (Å²) in [5.41, 5.74) is 7.29. The molecule has 0 saturated heterocycles. The molecule has 0 saturated carbocycles. The highest BCUT2D eigenvalue weighted by Gasteiger charge is 2.16. The molecule has 0 spiro atoms. The van der Waals surface area contributed by atoms with Gasteiger partial charge in [-0.2, -0.15) is 0 Å². The normalized spacial score (nSPS) is 10.3. The Morgan fingerprint density at radius 1 is 1.08 bits per heavy atom. The van der Waals surface area contributed by atoms with Gasteiger partial charge in [0.15, 0.2) is 0 Å². The van der Waals surface area contributed by atoms with E-state index in [2.05, 4.69) is 10.3 Å². The van der Waals surface area contributed by atoms with E-state index >= 15 is 0 Å². The van der Waals surface area contributed by atoms with E-state index < -0.39 is 0 Å². The Bertz CT molecular complexity index is 897. The lowest BCUT2D eigenvalue weighted by Crippen LogP contribution is -2.16. The molecule has 3 N–H and O–H groups in total. The van der Waals surface area contributed by atoms with Gasteiger partial charge in [0.25, 0.3) is 5.91 Å². The SMILES string of the molecule is Cc1c(Cl)cnc(N)c1C(=O)Nc1ccc(Oc2ccccc2)cc1. The van der Waals surface area contributed by atoms with Gasteiger partial charge in [-0.15, -0.1) is 0 Å². The highest BCUT2D eigenvalue weighted by atomic mass is 35.5. The Morgan fingerprint density at radius 2 is 1.72 bits per heavy atom. The van der Waals surface area contributed by atoms with Crippen molar-refractivity contribution in [1.82, 2.24) is 4.98 Å². The number of anilines is 2. The molecule has 3 rings (SSSR count). The van der Waals surface area contributed by atoms with Crippen molar-refractivity contribution in [3.8, 4) is 11.5 Å². The van der Waals surface area contributed by atoms with E-state index in [9.17, 15) is 4.79 Å². The van der Waals surface area contributed by atoms with Crippen LogP contribution in [0.2, 0.25) is 5.02 Å². The predicted molar refractivity (Wildman–Crippen MR) is 99.3 cm³/mol. The molecule has 1 amide bonds. The van der Waals surface area contributed by atoms with Crippen LogP contribution in [0.1, 0.15) is 15.9 Å². The maximum atomic E-state index is 12.5. The van der Waals surface area contributed by atoms with Crippen LogP contribution in [0.4, 0.5) is 11.5 Å². The van der Waals surface area contributed by atoms with Gasteiger partial charge in [0.05, 0.1) is 10.6 Å². The number of carbonyl (C=O) groups is 1. The largest absolute Gasteiger partial charge is 0.457 e. The number of benzene rings is 2. The molecule has 6 heteroatoms. The average Bonchev–Trinajstić information content (AvgIpc) is 2.61. The van der Waals surface area contributed by atoms with Crippen molar-refractivity contribution in [3.05, 3.63) is 76.9 Å². The highest BCUT2D eigenvalue weighted by Crippen LogP contribution is 2.25. The van der Waals surface area contributed by atoms with Crippen LogP contribution in [-0.4, -0.2) is 10.9 Å². The van der Waals surface area contributed by atoms with Gasteiger partial charge in [-0.3, -0.25) is 4.79 Å². The molecule has 2 aromatic carbocycles. The number of hydrogen-bond donors (Lipinski definition) is 2. The van der Waals surface area contributed by atoms with Crippen LogP contribution < -0.4 is 15.8 Å². The van der Waals surface area contributed by atoms with Gasteiger partial charge in [0.2, 0.25) is 0 Å². The lowest BCUT2D eigenvalue weighted by Gasteiger charge is -2.11. The van der Waals surface area contributed by atoms with Crippen molar-refractivity contribution in [3.63, 3.8) is 0 Å². The molecule has 0 aliphatic rings. The van der Waals surface area contributed by atoms with Gasteiger partial charge in [-0.25, -0.2) is 4.98 Å². The number of nitrogen functional groups attached to an aromatic ring is 1. The number of para-hydroxylation sites is 1. The van der Waals surface area contributed by atoms with Gasteiger partial charge < -0.3 is 15.8 Å². The van der Waals surface area contributed by atoms with E-state index in [0.717, 1.165) is 5.75 Å². The fourth-order valence-electron chi connectivity index (χ4n) is 2.31. The monoisotopic (exact) mass is 353 g/mol. The van der Waals surface area contributed by atoms with Crippen LogP contribution in [0.25, 0.3) is 0 Å². The number of hydrogen-bond acceptors (Lipinski definition) is 4. The molecule has 0 aliphatic carbocycles. The summed E-state index contributed by atoms with van der Waals surface area (Å²) in [7, 11) is 0. The number of amides is 1. The first-order chi connectivity index (χ1) is 12.0. The zero-order chi connectivity index (χ0) is 17.8. The van der Waals surface area contributed by atoms with E-state index in [-0.39, 0.29) is 17.3 Å². The fraction of sp³-hybridized carbons (Fsp3) is 0.0526. The molecule has 126 valence electrons. The maximum Gasteiger partial charge on any atom is 0.259 e. The van der Waals surface area contributed by atoms with Gasteiger partial charge in [-0.05, 0) is 48.9 Å². The molecule has 0 radical (unpaired) electrons. The maximum absolute atomic E-state index is 12.5. The second kappa shape index (κ2) is 7.23. The minimum Gasteiger partial charge on any atom is -0.457 e. The number of ether oxygens (including phenoxy) is 1. The Balaban J connectivity index is 1.74. The van der Waals surface area contributed by atoms with Crippen molar-refractivity contribution >= 4 is 29.0 Å². The third kappa shape index (κ3) is 3.89. The summed E-state index contributed by atoms with van der Waals surface area (Å²) in [6.45, 7) is 1.73. The molecule has 1 aromatic heterocycles. The Labute approximate surface area is 150 Å². The van der Waals surface area contributed by atoms with Crippen LogP contribution in [0.5, 0.6) is 11.5 Å². The quantitative estimate of drug-likeness (QED) is 0.714. The van der Waals surface area contributed by atoms with E-state index in [4.69, 9.17) is 22.1 Å². The van der Waals surface area contributed by atoms with E-state index in [0.29, 0.717) is 22.0 Å². The Hall–Kier alpha value is -3.05. The minimum atomic E-state index is -0.360. The molecular formula is C19H16ClN3O2. The van der Waals surface area contributed by atoms with E-state index in [1.165, 1.54) is 6.20 Å². The lowest BCUT2D eigenvalue weighted by atomic mass is 10.1. The van der Waals surface area contributed by atoms with Crippen molar-refractivity contribution in [1.29, 1.82) is 0 Å². The summed E-state index contributed by atoms with van der Waals surface area (Å²) >= 11 is 6.02. The first kappa shape index (κ1) is 16.8. The molecule has 0 atom stereocenters. The molecule has 0 fully saturated rings. The molecule has 0 bridgehead atoms. The van der Waals surface area contributed by atoms with Crippen LogP contribution >= 0.6 is 11.6 Å². The van der Waals surface area contributed by atoms with Gasteiger partial charge in [0, 0.05) is 11.9 Å². The number of pyridine rings is 1. The van der Waals surface area contributed by atoms with Crippen molar-refractivity contribution in [2.75, 3.05) is 11.1 Å². The predicted octanol–water partition coefficient (Wildman–Crippen LogP) is 4.67. The van der Waals surface area contributed by atoms with Crippen LogP contribution in [0.15, 0.2) is 60.8 Å². The zero-order valence-electron chi connectivity index (χ0n) is 13.5. The Morgan fingerprint density at radius 3 is 2.40 bits per heavy atom. The molecule has 25 heavy (non-hydrogen) atoms. The van der Waals surface area contributed by atoms with Crippen LogP contribution in [0, 0.1) is 6.92 Å². The number of nitrogens with one attached hydrogen (secondary N) is 1. The second-order valence-corrected chi connectivity index (χ2v) is 5.79. The van der Waals surface area contributed by atoms with E-state index in [1.807, 2.05) is 30.3 Å². The number of aromatic nitrogens is 1. The van der Waals surface area contributed by atoms with E-state index in [1.54, 1.807) is 31.2 Å². The first-order valence-corrected chi connectivity index (χ1v) is 7.97. The molecule has 3 aromatic rings. The molecule has 0 unspecified atom stereocenters. The highest BCUT2D eigenvalue weighted by molar-refractivity contribution is 6.32. The molecule has 1 heterocycles. The second-order valence-electron chi connectivity index (χ2n) is 5.38. The van der Waals surface area contributed by atoms with Crippen molar-refractivity contribution in [2.24, 2.45) is 0 Å². The van der Waals surface area contributed by atoms with Gasteiger partial charge in [0.1, 0.15) is 17.3 Å². The molecular weight excluding hydrogens is 338 g/mol. The summed E-state index contributed by atoms with van der Waals surface area (Å²) in [5, 5.41) is 3.18. The standard InChI is InChI=1S/C19H16ClN3O2/c1-12-16(20)11-22-18(21)17(12)19(24)23-13-7-9-15(10-8-13)25-14-5-3-2-4-6-14/h2-11H,1H3,(H2,21,22)(H,23,24). The summed E-state index contributed by atoms with van der Waals surface area (Å²) < 4.78 is 5.72. The van der Waals surface area contributed by atoms with Crippen molar-refractivity contribution in [2.45, 2.75) is 6.92 Å². The van der Waals surface area contributed by atoms with Gasteiger partial charge in [-0.1, -0.05) is 29.8 Å². The Kier molecular flexibility index (Phi) is 4.86. The number of rotatable bonds is 4.